The summed E-state index contributed by atoms with van der Waals surface area (Å²) >= 11 is 0. The summed E-state index contributed by atoms with van der Waals surface area (Å²) in [4.78, 5) is 13.8. The smallest absolute Gasteiger partial charge is 0.321 e. The maximum atomic E-state index is 12.3. The number of anilines is 1. The molecule has 134 valence electrons. The van der Waals surface area contributed by atoms with Gasteiger partial charge >= 0.3 is 6.03 Å². The van der Waals surface area contributed by atoms with Gasteiger partial charge in [0, 0.05) is 25.6 Å². The summed E-state index contributed by atoms with van der Waals surface area (Å²) in [5, 5.41) is 2.90. The van der Waals surface area contributed by atoms with Gasteiger partial charge in [-0.3, -0.25) is 0 Å². The zero-order valence-electron chi connectivity index (χ0n) is 14.7. The molecule has 2 aromatic rings. The molecule has 0 saturated carbocycles. The number of rotatable bonds is 5. The van der Waals surface area contributed by atoms with E-state index in [-0.39, 0.29) is 12.1 Å². The van der Waals surface area contributed by atoms with E-state index in [0.717, 1.165) is 48.8 Å². The number of aryl methyl sites for hydroxylation is 1. The van der Waals surface area contributed by atoms with E-state index < -0.39 is 0 Å². The minimum Gasteiger partial charge on any atom is -0.490 e. The van der Waals surface area contributed by atoms with Gasteiger partial charge in [-0.1, -0.05) is 0 Å². The van der Waals surface area contributed by atoms with Gasteiger partial charge in [-0.25, -0.2) is 4.79 Å². The summed E-state index contributed by atoms with van der Waals surface area (Å²) < 4.78 is 16.7. The van der Waals surface area contributed by atoms with E-state index >= 15 is 0 Å². The van der Waals surface area contributed by atoms with Crippen LogP contribution >= 0.6 is 0 Å². The Morgan fingerprint density at radius 1 is 1.32 bits per heavy atom. The van der Waals surface area contributed by atoms with Crippen LogP contribution in [0.3, 0.4) is 0 Å². The third-order valence-electron chi connectivity index (χ3n) is 4.21. The standard InChI is InChI=1S/C19H24N2O4/c1-14-12-15(5-6-18(14)25-16-7-10-23-11-8-16)20-19(22)21(2)13-17-4-3-9-24-17/h3-6,9,12,16H,7-8,10-11,13H2,1-2H3,(H,20,22). The largest absolute Gasteiger partial charge is 0.490 e. The molecular formula is C19H24N2O4. The van der Waals surface area contributed by atoms with Crippen molar-refractivity contribution in [2.75, 3.05) is 25.6 Å². The molecule has 1 fully saturated rings. The fourth-order valence-electron chi connectivity index (χ4n) is 2.76. The number of nitrogens with one attached hydrogen (secondary N) is 1. The second-order valence-electron chi connectivity index (χ2n) is 6.28. The van der Waals surface area contributed by atoms with Gasteiger partial charge < -0.3 is 24.1 Å². The van der Waals surface area contributed by atoms with Crippen LogP contribution in [0, 0.1) is 6.92 Å². The van der Waals surface area contributed by atoms with Crippen molar-refractivity contribution in [1.29, 1.82) is 0 Å². The van der Waals surface area contributed by atoms with Gasteiger partial charge in [0.25, 0.3) is 0 Å². The Hall–Kier alpha value is -2.47. The molecule has 0 unspecified atom stereocenters. The highest BCUT2D eigenvalue weighted by molar-refractivity contribution is 5.89. The Morgan fingerprint density at radius 3 is 2.80 bits per heavy atom. The fourth-order valence-corrected chi connectivity index (χ4v) is 2.76. The Labute approximate surface area is 147 Å². The van der Waals surface area contributed by atoms with Crippen LogP contribution in [0.25, 0.3) is 0 Å². The van der Waals surface area contributed by atoms with E-state index in [9.17, 15) is 4.79 Å². The molecule has 1 N–H and O–H groups in total. The minimum atomic E-state index is -0.186. The van der Waals surface area contributed by atoms with Gasteiger partial charge in [0.1, 0.15) is 17.6 Å². The Bertz CT molecular complexity index is 693. The number of carbonyl (C=O) groups is 1. The maximum Gasteiger partial charge on any atom is 0.321 e. The zero-order chi connectivity index (χ0) is 17.6. The molecule has 0 spiro atoms. The number of nitrogens with zero attached hydrogens (tertiary/aromatic N) is 1. The highest BCUT2D eigenvalue weighted by Gasteiger charge is 2.17. The summed E-state index contributed by atoms with van der Waals surface area (Å²) in [7, 11) is 1.73. The van der Waals surface area contributed by atoms with Crippen LogP contribution in [-0.4, -0.2) is 37.3 Å². The van der Waals surface area contributed by atoms with Crippen molar-refractivity contribution >= 4 is 11.7 Å². The molecule has 1 aliphatic heterocycles. The topological polar surface area (TPSA) is 63.9 Å². The van der Waals surface area contributed by atoms with Crippen LogP contribution in [0.2, 0.25) is 0 Å². The summed E-state index contributed by atoms with van der Waals surface area (Å²) in [6.07, 6.45) is 3.62. The number of benzene rings is 1. The first kappa shape index (κ1) is 17.4. The predicted molar refractivity (Wildman–Crippen MR) is 94.8 cm³/mol. The lowest BCUT2D eigenvalue weighted by atomic mass is 10.1. The lowest BCUT2D eigenvalue weighted by molar-refractivity contribution is 0.0253. The Balaban J connectivity index is 1.57. The maximum absolute atomic E-state index is 12.3. The molecule has 1 aliphatic rings. The zero-order valence-corrected chi connectivity index (χ0v) is 14.7. The van der Waals surface area contributed by atoms with E-state index in [4.69, 9.17) is 13.9 Å². The van der Waals surface area contributed by atoms with Crippen molar-refractivity contribution in [3.05, 3.63) is 47.9 Å². The van der Waals surface area contributed by atoms with Crippen molar-refractivity contribution in [2.24, 2.45) is 0 Å². The molecule has 1 aromatic carbocycles. The van der Waals surface area contributed by atoms with Crippen molar-refractivity contribution in [3.63, 3.8) is 0 Å². The first-order chi connectivity index (χ1) is 12.1. The summed E-state index contributed by atoms with van der Waals surface area (Å²) in [5.74, 6) is 1.60. The molecule has 25 heavy (non-hydrogen) atoms. The van der Waals surface area contributed by atoms with Crippen molar-refractivity contribution in [3.8, 4) is 5.75 Å². The number of furan rings is 1. The molecule has 1 aromatic heterocycles. The molecule has 2 heterocycles. The van der Waals surface area contributed by atoms with Crippen molar-refractivity contribution < 1.29 is 18.7 Å². The molecule has 0 atom stereocenters. The molecule has 3 rings (SSSR count). The molecule has 6 nitrogen and oxygen atoms in total. The monoisotopic (exact) mass is 344 g/mol. The van der Waals surface area contributed by atoms with Gasteiger partial charge in [0.15, 0.2) is 0 Å². The van der Waals surface area contributed by atoms with Crippen LogP contribution in [0.1, 0.15) is 24.2 Å². The second kappa shape index (κ2) is 8.07. The lowest BCUT2D eigenvalue weighted by Gasteiger charge is -2.24. The van der Waals surface area contributed by atoms with E-state index in [1.165, 1.54) is 0 Å². The average Bonchev–Trinajstić information content (AvgIpc) is 3.11. The van der Waals surface area contributed by atoms with Crippen molar-refractivity contribution in [2.45, 2.75) is 32.4 Å². The SMILES string of the molecule is Cc1cc(NC(=O)N(C)Cc2ccco2)ccc1OC1CCOCC1. The van der Waals surface area contributed by atoms with Gasteiger partial charge in [0.05, 0.1) is 26.0 Å². The minimum absolute atomic E-state index is 0.186. The quantitative estimate of drug-likeness (QED) is 0.896. The number of hydrogen-bond donors (Lipinski definition) is 1. The van der Waals surface area contributed by atoms with Crippen LogP contribution < -0.4 is 10.1 Å². The normalized spacial score (nSPS) is 15.0. The number of amides is 2. The Kier molecular flexibility index (Phi) is 5.60. The number of carbonyl (C=O) groups excluding carboxylic acids is 1. The highest BCUT2D eigenvalue weighted by Crippen LogP contribution is 2.25. The first-order valence-electron chi connectivity index (χ1n) is 8.51. The summed E-state index contributed by atoms with van der Waals surface area (Å²) in [6, 6.07) is 9.16. The van der Waals surface area contributed by atoms with Gasteiger partial charge in [-0.05, 0) is 42.8 Å². The van der Waals surface area contributed by atoms with Crippen LogP contribution in [0.5, 0.6) is 5.75 Å². The number of hydrogen-bond acceptors (Lipinski definition) is 4. The van der Waals surface area contributed by atoms with E-state index in [1.54, 1.807) is 18.2 Å². The Morgan fingerprint density at radius 2 is 2.12 bits per heavy atom. The van der Waals surface area contributed by atoms with Crippen LogP contribution in [0.4, 0.5) is 10.5 Å². The fraction of sp³-hybridized carbons (Fsp3) is 0.421. The number of urea groups is 1. The number of ether oxygens (including phenoxy) is 2. The van der Waals surface area contributed by atoms with Gasteiger partial charge in [-0.2, -0.15) is 0 Å². The highest BCUT2D eigenvalue weighted by atomic mass is 16.5. The predicted octanol–water partition coefficient (Wildman–Crippen LogP) is 3.81. The van der Waals surface area contributed by atoms with E-state index in [2.05, 4.69) is 5.32 Å². The molecule has 0 radical (unpaired) electrons. The summed E-state index contributed by atoms with van der Waals surface area (Å²) in [5.41, 5.74) is 1.74. The van der Waals surface area contributed by atoms with Gasteiger partial charge in [0.2, 0.25) is 0 Å². The first-order valence-corrected chi connectivity index (χ1v) is 8.51. The molecule has 0 bridgehead atoms. The van der Waals surface area contributed by atoms with Crippen LogP contribution in [0.15, 0.2) is 41.0 Å². The van der Waals surface area contributed by atoms with Gasteiger partial charge in [-0.15, -0.1) is 0 Å². The molecule has 0 aliphatic carbocycles. The van der Waals surface area contributed by atoms with Crippen molar-refractivity contribution in [1.82, 2.24) is 4.90 Å². The lowest BCUT2D eigenvalue weighted by Crippen LogP contribution is -2.30. The molecule has 1 saturated heterocycles. The van der Waals surface area contributed by atoms with E-state index in [0.29, 0.717) is 6.54 Å². The average molecular weight is 344 g/mol. The third kappa shape index (κ3) is 4.76. The molecule has 6 heteroatoms. The summed E-state index contributed by atoms with van der Waals surface area (Å²) in [6.45, 7) is 3.90. The third-order valence-corrected chi connectivity index (χ3v) is 4.21. The molecular weight excluding hydrogens is 320 g/mol. The second-order valence-corrected chi connectivity index (χ2v) is 6.28. The molecule has 2 amide bonds. The van der Waals surface area contributed by atoms with E-state index in [1.807, 2.05) is 37.3 Å². The van der Waals surface area contributed by atoms with Crippen LogP contribution in [-0.2, 0) is 11.3 Å².